The van der Waals surface area contributed by atoms with Gasteiger partial charge in [-0.3, -0.25) is 4.79 Å². The van der Waals surface area contributed by atoms with Crippen LogP contribution in [0.25, 0.3) is 0 Å². The Hall–Kier alpha value is -1.59. The van der Waals surface area contributed by atoms with Gasteiger partial charge in [-0.15, -0.1) is 5.73 Å². The second-order valence-electron chi connectivity index (χ2n) is 2.98. The molecule has 0 heterocycles. The zero-order chi connectivity index (χ0) is 9.68. The van der Waals surface area contributed by atoms with E-state index in [1.807, 2.05) is 31.2 Å². The van der Waals surface area contributed by atoms with Crippen LogP contribution in [0.5, 0.6) is 0 Å². The summed E-state index contributed by atoms with van der Waals surface area (Å²) in [6.07, 6.45) is 1.81. The maximum absolute atomic E-state index is 11.1. The van der Waals surface area contributed by atoms with Crippen LogP contribution in [0.2, 0.25) is 0 Å². The summed E-state index contributed by atoms with van der Waals surface area (Å²) < 4.78 is 0. The van der Waals surface area contributed by atoms with E-state index >= 15 is 0 Å². The van der Waals surface area contributed by atoms with Crippen molar-refractivity contribution >= 4 is 5.78 Å². The number of ketones is 1. The van der Waals surface area contributed by atoms with Crippen molar-refractivity contribution in [3.63, 3.8) is 0 Å². The van der Waals surface area contributed by atoms with Gasteiger partial charge in [0.1, 0.15) is 0 Å². The zero-order valence-corrected chi connectivity index (χ0v) is 7.71. The molecule has 0 unspecified atom stereocenters. The van der Waals surface area contributed by atoms with Crippen LogP contribution in [-0.4, -0.2) is 5.78 Å². The summed E-state index contributed by atoms with van der Waals surface area (Å²) >= 11 is 0. The maximum atomic E-state index is 11.1. The van der Waals surface area contributed by atoms with Gasteiger partial charge in [0.05, 0.1) is 0 Å². The molecular formula is C12H12O. The Bertz CT molecular complexity index is 340. The van der Waals surface area contributed by atoms with E-state index in [4.69, 9.17) is 0 Å². The molecule has 1 rings (SSSR count). The predicted octanol–water partition coefficient (Wildman–Crippen LogP) is 2.45. The van der Waals surface area contributed by atoms with Gasteiger partial charge in [0.15, 0.2) is 5.78 Å². The van der Waals surface area contributed by atoms with Gasteiger partial charge in [-0.05, 0) is 12.5 Å². The molecule has 66 valence electrons. The molecule has 0 saturated heterocycles. The monoisotopic (exact) mass is 172 g/mol. The SMILES string of the molecule is C=C=CC(=O)Cc1ccc(C)cc1. The minimum absolute atomic E-state index is 0.0406. The highest BCUT2D eigenvalue weighted by Crippen LogP contribution is 2.04. The van der Waals surface area contributed by atoms with E-state index < -0.39 is 0 Å². The molecule has 13 heavy (non-hydrogen) atoms. The fraction of sp³-hybridized carbons (Fsp3) is 0.167. The van der Waals surface area contributed by atoms with Crippen LogP contribution in [0.4, 0.5) is 0 Å². The summed E-state index contributed by atoms with van der Waals surface area (Å²) in [5, 5.41) is 0. The first-order valence-electron chi connectivity index (χ1n) is 4.16. The van der Waals surface area contributed by atoms with Gasteiger partial charge in [0, 0.05) is 12.5 Å². The number of hydrogen-bond acceptors (Lipinski definition) is 1. The lowest BCUT2D eigenvalue weighted by Crippen LogP contribution is -1.97. The quantitative estimate of drug-likeness (QED) is 0.505. The predicted molar refractivity (Wildman–Crippen MR) is 53.6 cm³/mol. The molecule has 0 aliphatic heterocycles. The molecule has 1 heteroatoms. The second-order valence-corrected chi connectivity index (χ2v) is 2.98. The van der Waals surface area contributed by atoms with E-state index in [1.54, 1.807) is 0 Å². The smallest absolute Gasteiger partial charge is 0.167 e. The van der Waals surface area contributed by atoms with Crippen molar-refractivity contribution in [1.82, 2.24) is 0 Å². The topological polar surface area (TPSA) is 17.1 Å². The number of allylic oxidation sites excluding steroid dienone is 1. The van der Waals surface area contributed by atoms with Crippen LogP contribution in [0, 0.1) is 6.92 Å². The highest BCUT2D eigenvalue weighted by atomic mass is 16.1. The third kappa shape index (κ3) is 3.10. The van der Waals surface area contributed by atoms with Crippen LogP contribution in [-0.2, 0) is 11.2 Å². The van der Waals surface area contributed by atoms with Gasteiger partial charge in [-0.1, -0.05) is 36.4 Å². The molecular weight excluding hydrogens is 160 g/mol. The van der Waals surface area contributed by atoms with E-state index in [-0.39, 0.29) is 5.78 Å². The maximum Gasteiger partial charge on any atom is 0.167 e. The zero-order valence-electron chi connectivity index (χ0n) is 7.71. The highest BCUT2D eigenvalue weighted by Gasteiger charge is 1.98. The molecule has 1 aromatic carbocycles. The fourth-order valence-corrected chi connectivity index (χ4v) is 1.07. The highest BCUT2D eigenvalue weighted by molar-refractivity contribution is 5.91. The molecule has 0 bridgehead atoms. The summed E-state index contributed by atoms with van der Waals surface area (Å²) in [6.45, 7) is 5.38. The first-order valence-corrected chi connectivity index (χ1v) is 4.16. The Balaban J connectivity index is 2.69. The number of rotatable bonds is 3. The van der Waals surface area contributed by atoms with Crippen LogP contribution in [0.15, 0.2) is 42.7 Å². The summed E-state index contributed by atoms with van der Waals surface area (Å²) in [6, 6.07) is 7.93. The van der Waals surface area contributed by atoms with Crippen molar-refractivity contribution in [3.8, 4) is 0 Å². The molecule has 0 aliphatic carbocycles. The molecule has 0 N–H and O–H groups in total. The minimum atomic E-state index is 0.0406. The van der Waals surface area contributed by atoms with Crippen LogP contribution in [0.3, 0.4) is 0 Å². The molecule has 0 atom stereocenters. The van der Waals surface area contributed by atoms with Crippen molar-refractivity contribution in [3.05, 3.63) is 53.8 Å². The number of carbonyl (C=O) groups excluding carboxylic acids is 1. The Morgan fingerprint density at radius 3 is 2.62 bits per heavy atom. The molecule has 0 fully saturated rings. The summed E-state index contributed by atoms with van der Waals surface area (Å²) in [7, 11) is 0. The van der Waals surface area contributed by atoms with E-state index in [0.29, 0.717) is 6.42 Å². The van der Waals surface area contributed by atoms with E-state index in [0.717, 1.165) is 5.56 Å². The van der Waals surface area contributed by atoms with Gasteiger partial charge in [0.25, 0.3) is 0 Å². The molecule has 0 saturated carbocycles. The third-order valence-corrected chi connectivity index (χ3v) is 1.76. The number of carbonyl (C=O) groups is 1. The van der Waals surface area contributed by atoms with E-state index in [1.165, 1.54) is 11.6 Å². The summed E-state index contributed by atoms with van der Waals surface area (Å²) in [4.78, 5) is 11.1. The van der Waals surface area contributed by atoms with Gasteiger partial charge in [0.2, 0.25) is 0 Å². The Morgan fingerprint density at radius 2 is 2.08 bits per heavy atom. The largest absolute Gasteiger partial charge is 0.294 e. The fourth-order valence-electron chi connectivity index (χ4n) is 1.07. The van der Waals surface area contributed by atoms with Crippen LogP contribution in [0.1, 0.15) is 11.1 Å². The normalized spacial score (nSPS) is 9.00. The van der Waals surface area contributed by atoms with Crippen LogP contribution >= 0.6 is 0 Å². The molecule has 1 nitrogen and oxygen atoms in total. The van der Waals surface area contributed by atoms with Crippen molar-refractivity contribution in [2.75, 3.05) is 0 Å². The lowest BCUT2D eigenvalue weighted by atomic mass is 10.1. The van der Waals surface area contributed by atoms with Crippen LogP contribution < -0.4 is 0 Å². The van der Waals surface area contributed by atoms with Crippen molar-refractivity contribution in [2.24, 2.45) is 0 Å². The molecule has 0 aliphatic rings. The summed E-state index contributed by atoms with van der Waals surface area (Å²) in [5.41, 5.74) is 4.71. The van der Waals surface area contributed by atoms with Gasteiger partial charge >= 0.3 is 0 Å². The number of aryl methyl sites for hydroxylation is 1. The molecule has 0 spiro atoms. The van der Waals surface area contributed by atoms with E-state index in [9.17, 15) is 4.79 Å². The summed E-state index contributed by atoms with van der Waals surface area (Å²) in [5.74, 6) is 0.0406. The minimum Gasteiger partial charge on any atom is -0.294 e. The Morgan fingerprint density at radius 1 is 1.46 bits per heavy atom. The van der Waals surface area contributed by atoms with Gasteiger partial charge in [-0.2, -0.15) is 0 Å². The Labute approximate surface area is 78.4 Å². The lowest BCUT2D eigenvalue weighted by molar-refractivity contribution is -0.114. The van der Waals surface area contributed by atoms with Gasteiger partial charge < -0.3 is 0 Å². The Kier molecular flexibility index (Phi) is 3.24. The lowest BCUT2D eigenvalue weighted by Gasteiger charge is -1.97. The van der Waals surface area contributed by atoms with E-state index in [2.05, 4.69) is 12.3 Å². The number of benzene rings is 1. The first kappa shape index (κ1) is 9.50. The average Bonchev–Trinajstić information content (AvgIpc) is 2.09. The molecule has 1 aromatic rings. The van der Waals surface area contributed by atoms with Crippen molar-refractivity contribution < 1.29 is 4.79 Å². The van der Waals surface area contributed by atoms with Gasteiger partial charge in [-0.25, -0.2) is 0 Å². The average molecular weight is 172 g/mol. The van der Waals surface area contributed by atoms with Crippen molar-refractivity contribution in [2.45, 2.75) is 13.3 Å². The third-order valence-electron chi connectivity index (χ3n) is 1.76. The molecule has 0 amide bonds. The first-order chi connectivity index (χ1) is 6.22. The molecule has 0 radical (unpaired) electrons. The number of hydrogen-bond donors (Lipinski definition) is 0. The standard InChI is InChI=1S/C12H12O/c1-3-4-12(13)9-11-7-5-10(2)6-8-11/h4-8H,1,9H2,2H3. The molecule has 0 aromatic heterocycles. The second kappa shape index (κ2) is 4.44. The van der Waals surface area contributed by atoms with Crippen molar-refractivity contribution in [1.29, 1.82) is 0 Å².